The lowest BCUT2D eigenvalue weighted by Gasteiger charge is -2.36. The molecule has 0 spiro atoms. The smallest absolute Gasteiger partial charge is 0.142 e. The number of likely N-dealkylation sites (tertiary alicyclic amines) is 1. The van der Waals surface area contributed by atoms with Crippen LogP contribution >= 0.6 is 0 Å². The molecular weight excluding hydrogens is 250 g/mol. The number of nitriles is 1. The van der Waals surface area contributed by atoms with Crippen LogP contribution in [0.3, 0.4) is 0 Å². The minimum absolute atomic E-state index is 0.549. The van der Waals surface area contributed by atoms with Gasteiger partial charge in [0.25, 0.3) is 0 Å². The number of rotatable bonds is 5. The summed E-state index contributed by atoms with van der Waals surface area (Å²) in [6.45, 7) is 3.33. The molecule has 2 N–H and O–H groups in total. The van der Waals surface area contributed by atoms with Crippen LogP contribution in [-0.4, -0.2) is 38.3 Å². The Morgan fingerprint density at radius 1 is 1.45 bits per heavy atom. The number of nitrogens with zero attached hydrogens (tertiary/aromatic N) is 2. The summed E-state index contributed by atoms with van der Waals surface area (Å²) in [6, 6.07) is 12.0. The second-order valence-corrected chi connectivity index (χ2v) is 5.65. The van der Waals surface area contributed by atoms with Crippen molar-refractivity contribution in [3.05, 3.63) is 35.9 Å². The molecule has 1 saturated heterocycles. The fourth-order valence-electron chi connectivity index (χ4n) is 2.95. The van der Waals surface area contributed by atoms with E-state index in [1.807, 2.05) is 30.3 Å². The van der Waals surface area contributed by atoms with Gasteiger partial charge in [-0.3, -0.25) is 4.90 Å². The molecule has 1 heterocycles. The Balaban J connectivity index is 2.05. The molecule has 0 aliphatic carbocycles. The van der Waals surface area contributed by atoms with Crippen LogP contribution in [0.15, 0.2) is 30.3 Å². The van der Waals surface area contributed by atoms with E-state index in [0.29, 0.717) is 12.5 Å². The molecule has 4 nitrogen and oxygen atoms in total. The van der Waals surface area contributed by atoms with E-state index in [4.69, 9.17) is 10.5 Å². The van der Waals surface area contributed by atoms with Crippen molar-refractivity contribution in [3.63, 3.8) is 0 Å². The Hall–Kier alpha value is -1.41. The van der Waals surface area contributed by atoms with Crippen LogP contribution in [0, 0.1) is 17.2 Å². The van der Waals surface area contributed by atoms with E-state index in [1.54, 1.807) is 7.11 Å². The number of benzene rings is 1. The second-order valence-electron chi connectivity index (χ2n) is 5.65. The highest BCUT2D eigenvalue weighted by molar-refractivity contribution is 5.31. The van der Waals surface area contributed by atoms with Crippen molar-refractivity contribution < 1.29 is 4.74 Å². The lowest BCUT2D eigenvalue weighted by Crippen LogP contribution is -2.50. The van der Waals surface area contributed by atoms with Gasteiger partial charge in [-0.2, -0.15) is 5.26 Å². The molecule has 0 aromatic heterocycles. The Kier molecular flexibility index (Phi) is 5.13. The summed E-state index contributed by atoms with van der Waals surface area (Å²) in [5.41, 5.74) is 6.29. The predicted molar refractivity (Wildman–Crippen MR) is 79.0 cm³/mol. The van der Waals surface area contributed by atoms with Crippen LogP contribution in [0.4, 0.5) is 0 Å². The summed E-state index contributed by atoms with van der Waals surface area (Å²) in [5, 5.41) is 9.51. The summed E-state index contributed by atoms with van der Waals surface area (Å²) in [4.78, 5) is 2.30. The number of methoxy groups -OCH3 is 1. The Morgan fingerprint density at radius 3 is 2.85 bits per heavy atom. The van der Waals surface area contributed by atoms with Crippen molar-refractivity contribution in [1.82, 2.24) is 4.90 Å². The molecular formula is C16H23N3O. The highest BCUT2D eigenvalue weighted by Crippen LogP contribution is 2.23. The SMILES string of the molecule is COCC1CCCN(CC(N)(C#N)c2ccccc2)C1. The third kappa shape index (κ3) is 3.57. The van der Waals surface area contributed by atoms with E-state index < -0.39 is 5.54 Å². The molecule has 108 valence electrons. The first-order valence-electron chi connectivity index (χ1n) is 7.15. The van der Waals surface area contributed by atoms with Crippen molar-refractivity contribution in [3.8, 4) is 6.07 Å². The van der Waals surface area contributed by atoms with Gasteiger partial charge in [0.1, 0.15) is 5.54 Å². The van der Waals surface area contributed by atoms with Crippen LogP contribution < -0.4 is 5.73 Å². The molecule has 1 aliphatic rings. The van der Waals surface area contributed by atoms with E-state index in [-0.39, 0.29) is 0 Å². The van der Waals surface area contributed by atoms with Gasteiger partial charge in [0.15, 0.2) is 0 Å². The van der Waals surface area contributed by atoms with Gasteiger partial charge in [0.2, 0.25) is 0 Å². The molecule has 2 atom stereocenters. The van der Waals surface area contributed by atoms with Gasteiger partial charge in [0.05, 0.1) is 12.7 Å². The number of hydrogen-bond donors (Lipinski definition) is 1. The van der Waals surface area contributed by atoms with Gasteiger partial charge in [-0.25, -0.2) is 0 Å². The molecule has 1 aromatic carbocycles. The quantitative estimate of drug-likeness (QED) is 0.887. The zero-order valence-corrected chi connectivity index (χ0v) is 12.1. The van der Waals surface area contributed by atoms with Crippen molar-refractivity contribution in [2.45, 2.75) is 18.4 Å². The fraction of sp³-hybridized carbons (Fsp3) is 0.562. The van der Waals surface area contributed by atoms with E-state index >= 15 is 0 Å². The Labute approximate surface area is 121 Å². The summed E-state index contributed by atoms with van der Waals surface area (Å²) in [7, 11) is 1.74. The van der Waals surface area contributed by atoms with Gasteiger partial charge in [0, 0.05) is 20.2 Å². The van der Waals surface area contributed by atoms with Crippen LogP contribution in [-0.2, 0) is 10.3 Å². The molecule has 1 aliphatic heterocycles. The van der Waals surface area contributed by atoms with E-state index in [1.165, 1.54) is 6.42 Å². The standard InChI is InChI=1S/C16H23N3O/c1-20-11-14-6-5-9-19(10-14)13-16(18,12-17)15-7-3-2-4-8-15/h2-4,7-8,14H,5-6,9-11,13,18H2,1H3. The van der Waals surface area contributed by atoms with Crippen LogP contribution in [0.1, 0.15) is 18.4 Å². The highest BCUT2D eigenvalue weighted by Gasteiger charge is 2.32. The van der Waals surface area contributed by atoms with Crippen molar-refractivity contribution in [2.24, 2.45) is 11.7 Å². The molecule has 0 saturated carbocycles. The molecule has 4 heteroatoms. The van der Waals surface area contributed by atoms with Gasteiger partial charge in [-0.05, 0) is 30.9 Å². The lowest BCUT2D eigenvalue weighted by atomic mass is 9.90. The number of ether oxygens (including phenoxy) is 1. The largest absolute Gasteiger partial charge is 0.384 e. The molecule has 0 amide bonds. The van der Waals surface area contributed by atoms with Crippen molar-refractivity contribution in [2.75, 3.05) is 33.4 Å². The molecule has 1 aromatic rings. The van der Waals surface area contributed by atoms with Crippen LogP contribution in [0.5, 0.6) is 0 Å². The maximum Gasteiger partial charge on any atom is 0.142 e. The van der Waals surface area contributed by atoms with Gasteiger partial charge in [-0.15, -0.1) is 0 Å². The second kappa shape index (κ2) is 6.85. The predicted octanol–water partition coefficient (Wildman–Crippen LogP) is 1.72. The first-order valence-corrected chi connectivity index (χ1v) is 7.15. The monoisotopic (exact) mass is 273 g/mol. The van der Waals surface area contributed by atoms with E-state index in [0.717, 1.165) is 31.7 Å². The molecule has 0 bridgehead atoms. The van der Waals surface area contributed by atoms with E-state index in [9.17, 15) is 5.26 Å². The van der Waals surface area contributed by atoms with Crippen LogP contribution in [0.2, 0.25) is 0 Å². The zero-order chi connectivity index (χ0) is 14.4. The van der Waals surface area contributed by atoms with Crippen LogP contribution in [0.25, 0.3) is 0 Å². The maximum absolute atomic E-state index is 9.51. The number of piperidine rings is 1. The molecule has 0 radical (unpaired) electrons. The maximum atomic E-state index is 9.51. The normalized spacial score (nSPS) is 22.9. The average molecular weight is 273 g/mol. The third-order valence-corrected chi connectivity index (χ3v) is 3.97. The molecule has 2 unspecified atom stereocenters. The van der Waals surface area contributed by atoms with Crippen molar-refractivity contribution >= 4 is 0 Å². The minimum atomic E-state index is -0.934. The van der Waals surface area contributed by atoms with Gasteiger partial charge < -0.3 is 10.5 Å². The first kappa shape index (κ1) is 15.0. The summed E-state index contributed by atoms with van der Waals surface area (Å²) < 4.78 is 5.25. The first-order chi connectivity index (χ1) is 9.68. The third-order valence-electron chi connectivity index (χ3n) is 3.97. The van der Waals surface area contributed by atoms with Crippen molar-refractivity contribution in [1.29, 1.82) is 5.26 Å². The molecule has 2 rings (SSSR count). The number of hydrogen-bond acceptors (Lipinski definition) is 4. The lowest BCUT2D eigenvalue weighted by molar-refractivity contribution is 0.0833. The average Bonchev–Trinajstić information content (AvgIpc) is 2.49. The molecule has 20 heavy (non-hydrogen) atoms. The summed E-state index contributed by atoms with van der Waals surface area (Å²) >= 11 is 0. The zero-order valence-electron chi connectivity index (χ0n) is 12.1. The Bertz CT molecular complexity index is 455. The fourth-order valence-corrected chi connectivity index (χ4v) is 2.95. The number of nitrogens with two attached hydrogens (primary N) is 1. The summed E-state index contributed by atoms with van der Waals surface area (Å²) in [5.74, 6) is 0.549. The highest BCUT2D eigenvalue weighted by atomic mass is 16.5. The summed E-state index contributed by atoms with van der Waals surface area (Å²) in [6.07, 6.45) is 2.34. The minimum Gasteiger partial charge on any atom is -0.384 e. The van der Waals surface area contributed by atoms with Gasteiger partial charge in [-0.1, -0.05) is 30.3 Å². The Morgan fingerprint density at radius 2 is 2.20 bits per heavy atom. The van der Waals surface area contributed by atoms with E-state index in [2.05, 4.69) is 11.0 Å². The molecule has 1 fully saturated rings. The topological polar surface area (TPSA) is 62.3 Å². The van der Waals surface area contributed by atoms with Gasteiger partial charge >= 0.3 is 0 Å².